The number of ether oxygens (including phenoxy) is 2. The van der Waals surface area contributed by atoms with Gasteiger partial charge in [-0.2, -0.15) is 0 Å². The van der Waals surface area contributed by atoms with Crippen LogP contribution in [-0.2, 0) is 15.2 Å². The van der Waals surface area contributed by atoms with Crippen molar-refractivity contribution in [3.63, 3.8) is 0 Å². The van der Waals surface area contributed by atoms with Crippen molar-refractivity contribution in [3.05, 3.63) is 88.4 Å². The van der Waals surface area contributed by atoms with Crippen LogP contribution in [0.1, 0.15) is 21.5 Å². The van der Waals surface area contributed by atoms with Crippen LogP contribution < -0.4 is 14.8 Å². The zero-order chi connectivity index (χ0) is 23.2. The molecule has 0 bridgehead atoms. The number of carbonyl (C=O) groups is 2. The number of para-hydroxylation sites is 1. The van der Waals surface area contributed by atoms with Gasteiger partial charge in [-0.3, -0.25) is 9.59 Å². The van der Waals surface area contributed by atoms with Gasteiger partial charge in [0.1, 0.15) is 23.1 Å². The topological polar surface area (TPSA) is 86.2 Å². The third-order valence-corrected chi connectivity index (χ3v) is 6.21. The van der Waals surface area contributed by atoms with Crippen molar-refractivity contribution in [2.45, 2.75) is 5.60 Å². The summed E-state index contributed by atoms with van der Waals surface area (Å²) in [5, 5.41) is 7.63. The number of benzene rings is 3. The molecule has 3 aromatic rings. The van der Waals surface area contributed by atoms with Crippen LogP contribution in [0.25, 0.3) is 0 Å². The lowest BCUT2D eigenvalue weighted by Crippen LogP contribution is -2.46. The number of carbonyl (C=O) groups excluding carboxylic acids is 2. The molecule has 0 fully saturated rings. The molecule has 1 N–H and O–H groups in total. The molecule has 3 aromatic carbocycles. The largest absolute Gasteiger partial charge is 0.497 e. The summed E-state index contributed by atoms with van der Waals surface area (Å²) in [6.45, 7) is 0. The average molecular weight is 463 g/mol. The fraction of sp³-hybridized carbons (Fsp3) is 0.160. The number of halogens is 1. The lowest BCUT2D eigenvalue weighted by Gasteiger charge is -2.27. The Bertz CT molecular complexity index is 1300. The van der Waals surface area contributed by atoms with Gasteiger partial charge < -0.3 is 19.6 Å². The van der Waals surface area contributed by atoms with Crippen LogP contribution in [0, 0.1) is 5.92 Å². The third-order valence-electron chi connectivity index (χ3n) is 5.96. The fourth-order valence-corrected chi connectivity index (χ4v) is 4.48. The van der Waals surface area contributed by atoms with Gasteiger partial charge in [-0.25, -0.2) is 0 Å². The molecule has 2 heterocycles. The zero-order valence-electron chi connectivity index (χ0n) is 17.8. The maximum Gasteiger partial charge on any atom is 0.277 e. The van der Waals surface area contributed by atoms with Crippen LogP contribution in [0.2, 0.25) is 5.02 Å². The second-order valence-corrected chi connectivity index (χ2v) is 8.11. The number of nitrogens with zero attached hydrogens (tertiary/aromatic N) is 1. The average Bonchev–Trinajstić information content (AvgIpc) is 3.37. The molecule has 33 heavy (non-hydrogen) atoms. The Morgan fingerprint density at radius 2 is 1.82 bits per heavy atom. The molecule has 7 nitrogen and oxygen atoms in total. The second-order valence-electron chi connectivity index (χ2n) is 7.67. The minimum absolute atomic E-state index is 0.284. The molecule has 2 aliphatic heterocycles. The number of anilines is 1. The summed E-state index contributed by atoms with van der Waals surface area (Å²) < 4.78 is 10.7. The van der Waals surface area contributed by atoms with E-state index in [9.17, 15) is 9.59 Å². The van der Waals surface area contributed by atoms with Gasteiger partial charge in [-0.1, -0.05) is 47.1 Å². The Balaban J connectivity index is 1.70. The normalized spacial score (nSPS) is 20.6. The predicted octanol–water partition coefficient (Wildman–Crippen LogP) is 4.44. The molecule has 0 radical (unpaired) electrons. The first kappa shape index (κ1) is 21.0. The summed E-state index contributed by atoms with van der Waals surface area (Å²) in [6, 6.07) is 18.9. The molecule has 2 atom stereocenters. The summed E-state index contributed by atoms with van der Waals surface area (Å²) in [5.41, 5.74) is 0.726. The molecule has 1 amide bonds. The third kappa shape index (κ3) is 3.15. The number of Topliss-reactive ketones (excluding diaryl/α,β-unsaturated/α-hetero) is 1. The van der Waals surface area contributed by atoms with Crippen molar-refractivity contribution in [2.75, 3.05) is 19.5 Å². The zero-order valence-corrected chi connectivity index (χ0v) is 18.6. The molecular weight excluding hydrogens is 444 g/mol. The lowest BCUT2D eigenvalue weighted by atomic mass is 9.74. The van der Waals surface area contributed by atoms with Crippen molar-refractivity contribution < 1.29 is 23.9 Å². The Hall–Kier alpha value is -3.84. The molecule has 1 spiro atoms. The molecule has 8 heteroatoms. The maximum atomic E-state index is 14.1. The van der Waals surface area contributed by atoms with Gasteiger partial charge in [-0.15, -0.1) is 0 Å². The minimum Gasteiger partial charge on any atom is -0.497 e. The van der Waals surface area contributed by atoms with Crippen LogP contribution in [0.4, 0.5) is 5.69 Å². The first-order valence-corrected chi connectivity index (χ1v) is 10.6. The second kappa shape index (κ2) is 7.94. The van der Waals surface area contributed by atoms with Crippen LogP contribution in [-0.4, -0.2) is 31.6 Å². The highest BCUT2D eigenvalue weighted by Crippen LogP contribution is 2.50. The molecule has 0 saturated carbocycles. The highest BCUT2D eigenvalue weighted by molar-refractivity contribution is 6.31. The van der Waals surface area contributed by atoms with Gasteiger partial charge >= 0.3 is 0 Å². The monoisotopic (exact) mass is 462 g/mol. The highest BCUT2D eigenvalue weighted by atomic mass is 35.5. The van der Waals surface area contributed by atoms with Gasteiger partial charge in [0.15, 0.2) is 5.78 Å². The van der Waals surface area contributed by atoms with Crippen LogP contribution in [0.5, 0.6) is 11.5 Å². The van der Waals surface area contributed by atoms with Gasteiger partial charge in [0.25, 0.3) is 11.5 Å². The van der Waals surface area contributed by atoms with E-state index in [1.807, 2.05) is 0 Å². The van der Waals surface area contributed by atoms with Gasteiger partial charge in [-0.05, 0) is 30.3 Å². The summed E-state index contributed by atoms with van der Waals surface area (Å²) in [6.07, 6.45) is 0. The molecule has 0 aliphatic carbocycles. The standard InChI is InChI=1S/C25H19ClN2O5/c1-31-16-11-12-17(20(13-16)32-2)23(29)21-22(14-7-9-15(26)10-8-14)28-33-25(21)18-5-3-4-6-19(18)27-24(25)30/h3-13,21H,1-2H3,(H,27,30)/t21-,25-/m1/s1. The quantitative estimate of drug-likeness (QED) is 0.566. The number of hydrogen-bond acceptors (Lipinski definition) is 6. The van der Waals surface area contributed by atoms with E-state index in [1.165, 1.54) is 14.2 Å². The smallest absolute Gasteiger partial charge is 0.277 e. The van der Waals surface area contributed by atoms with E-state index in [4.69, 9.17) is 25.9 Å². The van der Waals surface area contributed by atoms with E-state index in [2.05, 4.69) is 10.5 Å². The Morgan fingerprint density at radius 1 is 1.06 bits per heavy atom. The van der Waals surface area contributed by atoms with Crippen LogP contribution in [0.15, 0.2) is 71.9 Å². The summed E-state index contributed by atoms with van der Waals surface area (Å²) in [4.78, 5) is 33.3. The molecule has 0 aromatic heterocycles. The van der Waals surface area contributed by atoms with E-state index < -0.39 is 17.4 Å². The Morgan fingerprint density at radius 3 is 2.55 bits per heavy atom. The molecule has 0 unspecified atom stereocenters. The van der Waals surface area contributed by atoms with Crippen molar-refractivity contribution >= 4 is 34.7 Å². The van der Waals surface area contributed by atoms with Gasteiger partial charge in [0, 0.05) is 27.9 Å². The first-order valence-electron chi connectivity index (χ1n) is 10.2. The summed E-state index contributed by atoms with van der Waals surface area (Å²) >= 11 is 6.06. The van der Waals surface area contributed by atoms with Gasteiger partial charge in [0.05, 0.1) is 19.8 Å². The number of ketones is 1. The SMILES string of the molecule is COc1ccc(C(=O)[C@H]2C(c3ccc(Cl)cc3)=NO[C@@]23C(=O)Nc2ccccc23)c(OC)c1. The molecule has 166 valence electrons. The number of amides is 1. The minimum atomic E-state index is -1.65. The van der Waals surface area contributed by atoms with Gasteiger partial charge in [0.2, 0.25) is 0 Å². The number of rotatable bonds is 5. The molecular formula is C25H19ClN2O5. The Labute approximate surface area is 194 Å². The van der Waals surface area contributed by atoms with Crippen molar-refractivity contribution in [2.24, 2.45) is 11.1 Å². The van der Waals surface area contributed by atoms with Crippen molar-refractivity contribution in [3.8, 4) is 11.5 Å². The van der Waals surface area contributed by atoms with E-state index in [0.29, 0.717) is 39.0 Å². The summed E-state index contributed by atoms with van der Waals surface area (Å²) in [5.74, 6) is -1.03. The molecule has 5 rings (SSSR count). The number of oxime groups is 1. The van der Waals surface area contributed by atoms with E-state index in [-0.39, 0.29) is 11.3 Å². The number of fused-ring (bicyclic) bond motifs is 2. The van der Waals surface area contributed by atoms with E-state index in [0.717, 1.165) is 0 Å². The molecule has 0 saturated heterocycles. The van der Waals surface area contributed by atoms with Crippen LogP contribution in [0.3, 0.4) is 0 Å². The number of hydrogen-bond donors (Lipinski definition) is 1. The maximum absolute atomic E-state index is 14.1. The van der Waals surface area contributed by atoms with Crippen molar-refractivity contribution in [1.82, 2.24) is 0 Å². The highest BCUT2D eigenvalue weighted by Gasteiger charge is 2.63. The van der Waals surface area contributed by atoms with Crippen LogP contribution >= 0.6 is 11.6 Å². The predicted molar refractivity (Wildman–Crippen MR) is 123 cm³/mol. The number of nitrogens with one attached hydrogen (secondary N) is 1. The van der Waals surface area contributed by atoms with E-state index in [1.54, 1.807) is 66.7 Å². The fourth-order valence-electron chi connectivity index (χ4n) is 4.36. The summed E-state index contributed by atoms with van der Waals surface area (Å²) in [7, 11) is 3.00. The number of methoxy groups -OCH3 is 2. The van der Waals surface area contributed by atoms with Crippen molar-refractivity contribution in [1.29, 1.82) is 0 Å². The van der Waals surface area contributed by atoms with E-state index >= 15 is 0 Å². The first-order chi connectivity index (χ1) is 16.0. The Kier molecular flexibility index (Phi) is 5.06. The lowest BCUT2D eigenvalue weighted by molar-refractivity contribution is -0.140. The molecule has 2 aliphatic rings.